The predicted octanol–water partition coefficient (Wildman–Crippen LogP) is 5.11. The van der Waals surface area contributed by atoms with E-state index < -0.39 is 0 Å². The molecule has 0 fully saturated rings. The van der Waals surface area contributed by atoms with E-state index >= 15 is 0 Å². The van der Waals surface area contributed by atoms with Crippen LogP contribution in [0.15, 0.2) is 48.5 Å². The van der Waals surface area contributed by atoms with Crippen LogP contribution in [0.3, 0.4) is 0 Å². The lowest BCUT2D eigenvalue weighted by atomic mass is 10.1. The van der Waals surface area contributed by atoms with Gasteiger partial charge in [0.1, 0.15) is 5.82 Å². The SMILES string of the molecule is CC(Nc1nc(Cl)nc2ccccc12)c1cccc(Cl)c1. The van der Waals surface area contributed by atoms with Crippen molar-refractivity contribution in [2.75, 3.05) is 5.32 Å². The fraction of sp³-hybridized carbons (Fsp3) is 0.125. The van der Waals surface area contributed by atoms with Crippen LogP contribution in [0.5, 0.6) is 0 Å². The summed E-state index contributed by atoms with van der Waals surface area (Å²) in [5.41, 5.74) is 1.90. The standard InChI is InChI=1S/C16H13Cl2N3/c1-10(11-5-4-6-12(17)9-11)19-15-13-7-2-3-8-14(13)20-16(18)21-15/h2-10H,1H3,(H,19,20,21). The Morgan fingerprint density at radius 2 is 1.81 bits per heavy atom. The smallest absolute Gasteiger partial charge is 0.224 e. The van der Waals surface area contributed by atoms with Crippen molar-refractivity contribution >= 4 is 39.9 Å². The molecule has 5 heteroatoms. The molecule has 0 radical (unpaired) electrons. The van der Waals surface area contributed by atoms with E-state index in [1.807, 2.05) is 48.5 Å². The lowest BCUT2D eigenvalue weighted by Crippen LogP contribution is -2.09. The van der Waals surface area contributed by atoms with Crippen molar-refractivity contribution in [1.29, 1.82) is 0 Å². The van der Waals surface area contributed by atoms with Crippen LogP contribution in [0.4, 0.5) is 5.82 Å². The summed E-state index contributed by atoms with van der Waals surface area (Å²) in [6.45, 7) is 2.05. The molecule has 1 N–H and O–H groups in total. The molecule has 0 saturated carbocycles. The summed E-state index contributed by atoms with van der Waals surface area (Å²) in [6, 6.07) is 15.6. The van der Waals surface area contributed by atoms with E-state index in [2.05, 4.69) is 22.2 Å². The van der Waals surface area contributed by atoms with Crippen LogP contribution in [0, 0.1) is 0 Å². The lowest BCUT2D eigenvalue weighted by molar-refractivity contribution is 0.876. The first-order valence-corrected chi connectivity index (χ1v) is 7.33. The van der Waals surface area contributed by atoms with Crippen molar-refractivity contribution in [1.82, 2.24) is 9.97 Å². The Kier molecular flexibility index (Phi) is 3.95. The van der Waals surface area contributed by atoms with Crippen molar-refractivity contribution < 1.29 is 0 Å². The third-order valence-electron chi connectivity index (χ3n) is 3.28. The van der Waals surface area contributed by atoms with Gasteiger partial charge in [-0.15, -0.1) is 0 Å². The molecule has 3 nitrogen and oxygen atoms in total. The monoisotopic (exact) mass is 317 g/mol. The van der Waals surface area contributed by atoms with Gasteiger partial charge in [-0.2, -0.15) is 0 Å². The van der Waals surface area contributed by atoms with Crippen LogP contribution in [-0.4, -0.2) is 9.97 Å². The third kappa shape index (κ3) is 3.09. The van der Waals surface area contributed by atoms with Crippen LogP contribution in [0.1, 0.15) is 18.5 Å². The highest BCUT2D eigenvalue weighted by atomic mass is 35.5. The van der Waals surface area contributed by atoms with E-state index in [0.717, 1.165) is 22.3 Å². The molecule has 3 aromatic rings. The summed E-state index contributed by atoms with van der Waals surface area (Å²) in [5.74, 6) is 0.720. The second-order valence-corrected chi connectivity index (χ2v) is 5.55. The summed E-state index contributed by atoms with van der Waals surface area (Å²) in [5, 5.41) is 5.26. The van der Waals surface area contributed by atoms with Crippen molar-refractivity contribution in [2.24, 2.45) is 0 Å². The topological polar surface area (TPSA) is 37.8 Å². The van der Waals surface area contributed by atoms with Crippen LogP contribution in [0.2, 0.25) is 10.3 Å². The Bertz CT molecular complexity index is 789. The van der Waals surface area contributed by atoms with Crippen LogP contribution < -0.4 is 5.32 Å². The number of rotatable bonds is 3. The zero-order valence-electron chi connectivity index (χ0n) is 11.3. The van der Waals surface area contributed by atoms with Gasteiger partial charge in [-0.05, 0) is 48.4 Å². The Hall–Kier alpha value is -1.84. The van der Waals surface area contributed by atoms with Crippen LogP contribution in [0.25, 0.3) is 10.9 Å². The highest BCUT2D eigenvalue weighted by molar-refractivity contribution is 6.30. The molecule has 0 saturated heterocycles. The summed E-state index contributed by atoms with van der Waals surface area (Å²) < 4.78 is 0. The Balaban J connectivity index is 1.98. The number of anilines is 1. The number of nitrogens with one attached hydrogen (secondary N) is 1. The molecule has 1 atom stereocenters. The molecule has 0 spiro atoms. The molecule has 0 bridgehead atoms. The summed E-state index contributed by atoms with van der Waals surface area (Å²) in [4.78, 5) is 8.52. The van der Waals surface area contributed by atoms with E-state index in [0.29, 0.717) is 5.02 Å². The van der Waals surface area contributed by atoms with Crippen LogP contribution >= 0.6 is 23.2 Å². The molecular weight excluding hydrogens is 305 g/mol. The third-order valence-corrected chi connectivity index (χ3v) is 3.68. The number of nitrogens with zero attached hydrogens (tertiary/aromatic N) is 2. The maximum absolute atomic E-state index is 6.04. The molecule has 0 aliphatic rings. The fourth-order valence-corrected chi connectivity index (χ4v) is 2.60. The molecule has 106 valence electrons. The number of fused-ring (bicyclic) bond motifs is 1. The molecule has 21 heavy (non-hydrogen) atoms. The molecule has 1 unspecified atom stereocenters. The zero-order valence-corrected chi connectivity index (χ0v) is 12.9. The first-order chi connectivity index (χ1) is 10.1. The molecule has 2 aromatic carbocycles. The summed E-state index contributed by atoms with van der Waals surface area (Å²) >= 11 is 12.0. The quantitative estimate of drug-likeness (QED) is 0.682. The summed E-state index contributed by atoms with van der Waals surface area (Å²) in [7, 11) is 0. The second kappa shape index (κ2) is 5.88. The molecular formula is C16H13Cl2N3. The lowest BCUT2D eigenvalue weighted by Gasteiger charge is -2.16. The van der Waals surface area contributed by atoms with Gasteiger partial charge >= 0.3 is 0 Å². The first-order valence-electron chi connectivity index (χ1n) is 6.58. The van der Waals surface area contributed by atoms with E-state index in [1.165, 1.54) is 0 Å². The minimum atomic E-state index is 0.0538. The zero-order chi connectivity index (χ0) is 14.8. The Morgan fingerprint density at radius 3 is 2.62 bits per heavy atom. The molecule has 3 rings (SSSR count). The van der Waals surface area contributed by atoms with E-state index in [9.17, 15) is 0 Å². The van der Waals surface area contributed by atoms with E-state index in [4.69, 9.17) is 23.2 Å². The van der Waals surface area contributed by atoms with Gasteiger partial charge in [-0.25, -0.2) is 9.97 Å². The minimum absolute atomic E-state index is 0.0538. The molecule has 0 amide bonds. The number of para-hydroxylation sites is 1. The second-order valence-electron chi connectivity index (χ2n) is 4.78. The van der Waals surface area contributed by atoms with Gasteiger partial charge in [-0.3, -0.25) is 0 Å². The van der Waals surface area contributed by atoms with Gasteiger partial charge in [-0.1, -0.05) is 35.9 Å². The largest absolute Gasteiger partial charge is 0.363 e. The van der Waals surface area contributed by atoms with Crippen molar-refractivity contribution in [3.8, 4) is 0 Å². The van der Waals surface area contributed by atoms with Crippen LogP contribution in [-0.2, 0) is 0 Å². The van der Waals surface area contributed by atoms with Crippen molar-refractivity contribution in [2.45, 2.75) is 13.0 Å². The highest BCUT2D eigenvalue weighted by Gasteiger charge is 2.11. The van der Waals surface area contributed by atoms with E-state index in [-0.39, 0.29) is 11.3 Å². The van der Waals surface area contributed by atoms with Gasteiger partial charge in [0.2, 0.25) is 5.28 Å². The number of hydrogen-bond donors (Lipinski definition) is 1. The van der Waals surface area contributed by atoms with Gasteiger partial charge in [0.05, 0.1) is 11.6 Å². The average molecular weight is 318 g/mol. The maximum atomic E-state index is 6.04. The molecule has 1 heterocycles. The Labute approximate surface area is 132 Å². The van der Waals surface area contributed by atoms with Gasteiger partial charge in [0, 0.05) is 10.4 Å². The normalized spacial score (nSPS) is 12.3. The first kappa shape index (κ1) is 14.1. The molecule has 0 aliphatic heterocycles. The van der Waals surface area contributed by atoms with Gasteiger partial charge in [0.15, 0.2) is 0 Å². The van der Waals surface area contributed by atoms with E-state index in [1.54, 1.807) is 0 Å². The Morgan fingerprint density at radius 1 is 1.00 bits per heavy atom. The number of aromatic nitrogens is 2. The number of hydrogen-bond acceptors (Lipinski definition) is 3. The highest BCUT2D eigenvalue weighted by Crippen LogP contribution is 2.26. The van der Waals surface area contributed by atoms with Crippen molar-refractivity contribution in [3.63, 3.8) is 0 Å². The maximum Gasteiger partial charge on any atom is 0.224 e. The number of benzene rings is 2. The molecule has 1 aromatic heterocycles. The predicted molar refractivity (Wildman–Crippen MR) is 88.0 cm³/mol. The van der Waals surface area contributed by atoms with Crippen molar-refractivity contribution in [3.05, 3.63) is 64.4 Å². The average Bonchev–Trinajstić information content (AvgIpc) is 2.47. The van der Waals surface area contributed by atoms with Gasteiger partial charge < -0.3 is 5.32 Å². The molecule has 0 aliphatic carbocycles. The van der Waals surface area contributed by atoms with Gasteiger partial charge in [0.25, 0.3) is 0 Å². The minimum Gasteiger partial charge on any atom is -0.363 e. The number of halogens is 2. The fourth-order valence-electron chi connectivity index (χ4n) is 2.22. The summed E-state index contributed by atoms with van der Waals surface area (Å²) in [6.07, 6.45) is 0.